The van der Waals surface area contributed by atoms with Crippen LogP contribution in [0.25, 0.3) is 32.4 Å². The van der Waals surface area contributed by atoms with Gasteiger partial charge in [0.2, 0.25) is 0 Å². The fraction of sp³-hybridized carbons (Fsp3) is 0.111. The van der Waals surface area contributed by atoms with Crippen LogP contribution >= 0.6 is 11.3 Å². The lowest BCUT2D eigenvalue weighted by Gasteiger charge is -2.07. The Balaban J connectivity index is 0.000000260. The lowest BCUT2D eigenvalue weighted by molar-refractivity contribution is -0.192. The van der Waals surface area contributed by atoms with Crippen molar-refractivity contribution in [1.29, 1.82) is 0 Å². The van der Waals surface area contributed by atoms with Crippen molar-refractivity contribution in [3.05, 3.63) is 53.8 Å². The third kappa shape index (κ3) is 3.87. The summed E-state index contributed by atoms with van der Waals surface area (Å²) in [6.07, 6.45) is -1.62. The highest BCUT2D eigenvalue weighted by Crippen LogP contribution is 2.34. The number of benzene rings is 1. The summed E-state index contributed by atoms with van der Waals surface area (Å²) < 4.78 is 31.7. The van der Waals surface area contributed by atoms with Crippen molar-refractivity contribution in [1.82, 2.24) is 15.0 Å². The van der Waals surface area contributed by atoms with E-state index < -0.39 is 12.1 Å². The number of hydrogen-bond donors (Lipinski definition) is 1. The van der Waals surface area contributed by atoms with Crippen molar-refractivity contribution in [2.75, 3.05) is 0 Å². The molecule has 9 heteroatoms. The summed E-state index contributed by atoms with van der Waals surface area (Å²) in [5.74, 6) is -2.76. The number of halogens is 3. The fourth-order valence-corrected chi connectivity index (χ4v) is 3.42. The monoisotopic (exact) mass is 391 g/mol. The van der Waals surface area contributed by atoms with Gasteiger partial charge in [0, 0.05) is 22.5 Å². The van der Waals surface area contributed by atoms with E-state index in [0.29, 0.717) is 0 Å². The highest BCUT2D eigenvalue weighted by molar-refractivity contribution is 7.17. The quantitative estimate of drug-likeness (QED) is 0.502. The lowest BCUT2D eigenvalue weighted by atomic mass is 10.0. The molecular weight excluding hydrogens is 379 g/mol. The number of fused-ring (bicyclic) bond motifs is 2. The van der Waals surface area contributed by atoms with Crippen LogP contribution in [-0.4, -0.2) is 32.2 Å². The average Bonchev–Trinajstić information content (AvgIpc) is 3.02. The number of hydrogen-bond acceptors (Lipinski definition) is 5. The first-order chi connectivity index (χ1) is 12.8. The molecule has 3 heterocycles. The molecule has 0 saturated carbocycles. The molecule has 0 amide bonds. The number of pyridine rings is 1. The third-order valence-corrected chi connectivity index (χ3v) is 4.70. The molecule has 0 aliphatic heterocycles. The molecular formula is C18H12F3N3O2S. The summed E-state index contributed by atoms with van der Waals surface area (Å²) in [5, 5.41) is 11.5. The number of rotatable bonds is 1. The van der Waals surface area contributed by atoms with E-state index in [1.807, 2.05) is 24.4 Å². The molecule has 0 unspecified atom stereocenters. The number of thiophene rings is 1. The summed E-state index contributed by atoms with van der Waals surface area (Å²) in [6.45, 7) is 2.11. The summed E-state index contributed by atoms with van der Waals surface area (Å²) >= 11 is 1.66. The predicted octanol–water partition coefficient (Wildman–Crippen LogP) is 4.85. The Labute approximate surface area is 155 Å². The van der Waals surface area contributed by atoms with Crippen LogP contribution in [0.5, 0.6) is 0 Å². The van der Waals surface area contributed by atoms with Crippen molar-refractivity contribution < 1.29 is 23.1 Å². The van der Waals surface area contributed by atoms with Crippen molar-refractivity contribution in [2.24, 2.45) is 0 Å². The molecule has 3 aromatic heterocycles. The number of carbonyl (C=O) groups is 1. The van der Waals surface area contributed by atoms with Crippen LogP contribution in [0.3, 0.4) is 0 Å². The minimum Gasteiger partial charge on any atom is -0.475 e. The van der Waals surface area contributed by atoms with Gasteiger partial charge >= 0.3 is 12.1 Å². The SMILES string of the molecule is Cc1csc2ncnc(-c3cccc4ncccc34)c12.O=C(O)C(F)(F)F. The lowest BCUT2D eigenvalue weighted by Crippen LogP contribution is -2.21. The Bertz CT molecular complexity index is 1120. The smallest absolute Gasteiger partial charge is 0.475 e. The molecule has 138 valence electrons. The number of nitrogens with zero attached hydrogens (tertiary/aromatic N) is 3. The van der Waals surface area contributed by atoms with Gasteiger partial charge in [-0.25, -0.2) is 14.8 Å². The van der Waals surface area contributed by atoms with E-state index in [2.05, 4.69) is 39.4 Å². The first kappa shape index (κ1) is 18.7. The van der Waals surface area contributed by atoms with Gasteiger partial charge in [-0.2, -0.15) is 13.2 Å². The molecule has 0 fully saturated rings. The van der Waals surface area contributed by atoms with Crippen LogP contribution in [0.4, 0.5) is 13.2 Å². The number of carboxylic acids is 1. The first-order valence-corrected chi connectivity index (χ1v) is 8.50. The van der Waals surface area contributed by atoms with E-state index in [1.165, 1.54) is 5.56 Å². The van der Waals surface area contributed by atoms with Crippen LogP contribution in [0.1, 0.15) is 5.56 Å². The Hall–Kier alpha value is -3.07. The second-order valence-corrected chi connectivity index (χ2v) is 6.36. The zero-order chi connectivity index (χ0) is 19.6. The van der Waals surface area contributed by atoms with Gasteiger partial charge in [-0.3, -0.25) is 4.98 Å². The Kier molecular flexibility index (Phi) is 5.04. The van der Waals surface area contributed by atoms with E-state index in [-0.39, 0.29) is 0 Å². The van der Waals surface area contributed by atoms with Gasteiger partial charge in [0.15, 0.2) is 0 Å². The van der Waals surface area contributed by atoms with Gasteiger partial charge in [-0.05, 0) is 30.0 Å². The van der Waals surface area contributed by atoms with Crippen LogP contribution in [0, 0.1) is 6.92 Å². The Morgan fingerprint density at radius 1 is 1.11 bits per heavy atom. The predicted molar refractivity (Wildman–Crippen MR) is 96.6 cm³/mol. The highest BCUT2D eigenvalue weighted by atomic mass is 32.1. The van der Waals surface area contributed by atoms with Gasteiger partial charge in [-0.1, -0.05) is 18.2 Å². The molecule has 0 spiro atoms. The number of alkyl halides is 3. The van der Waals surface area contributed by atoms with Gasteiger partial charge in [0.05, 0.1) is 11.2 Å². The molecule has 1 aromatic carbocycles. The summed E-state index contributed by atoms with van der Waals surface area (Å²) in [6, 6.07) is 10.2. The van der Waals surface area contributed by atoms with E-state index in [4.69, 9.17) is 9.90 Å². The van der Waals surface area contributed by atoms with Crippen LogP contribution in [-0.2, 0) is 4.79 Å². The Morgan fingerprint density at radius 3 is 2.56 bits per heavy atom. The molecule has 0 atom stereocenters. The molecule has 1 N–H and O–H groups in total. The minimum absolute atomic E-state index is 0.990. The molecule has 0 radical (unpaired) electrons. The molecule has 4 aromatic rings. The van der Waals surface area contributed by atoms with Gasteiger partial charge < -0.3 is 5.11 Å². The number of carboxylic acid groups (broad SMARTS) is 1. The maximum Gasteiger partial charge on any atom is 0.490 e. The second kappa shape index (κ2) is 7.28. The van der Waals surface area contributed by atoms with Crippen molar-refractivity contribution in [3.8, 4) is 11.3 Å². The summed E-state index contributed by atoms with van der Waals surface area (Å²) in [4.78, 5) is 23.2. The topological polar surface area (TPSA) is 76.0 Å². The van der Waals surface area contributed by atoms with E-state index in [9.17, 15) is 13.2 Å². The van der Waals surface area contributed by atoms with Gasteiger partial charge in [-0.15, -0.1) is 11.3 Å². The standard InChI is InChI=1S/C16H11N3S.C2HF3O2/c1-10-8-20-16-14(10)15(18-9-19-16)12-4-2-6-13-11(12)5-3-7-17-13;3-2(4,5)1(6)7/h2-9H,1H3;(H,6,7). The molecule has 5 nitrogen and oxygen atoms in total. The van der Waals surface area contributed by atoms with Crippen molar-refractivity contribution >= 4 is 38.4 Å². The number of aliphatic carboxylic acids is 1. The van der Waals surface area contributed by atoms with Crippen molar-refractivity contribution in [2.45, 2.75) is 13.1 Å². The number of aryl methyl sites for hydroxylation is 1. The maximum absolute atomic E-state index is 10.6. The van der Waals surface area contributed by atoms with Crippen LogP contribution in [0.15, 0.2) is 48.2 Å². The normalized spacial score (nSPS) is 11.3. The minimum atomic E-state index is -5.08. The van der Waals surface area contributed by atoms with E-state index in [0.717, 1.165) is 32.4 Å². The molecule has 0 aliphatic rings. The Morgan fingerprint density at radius 2 is 1.85 bits per heavy atom. The average molecular weight is 391 g/mol. The third-order valence-electron chi connectivity index (χ3n) is 3.70. The largest absolute Gasteiger partial charge is 0.490 e. The van der Waals surface area contributed by atoms with E-state index in [1.54, 1.807) is 17.7 Å². The second-order valence-electron chi connectivity index (χ2n) is 5.50. The zero-order valence-electron chi connectivity index (χ0n) is 13.9. The zero-order valence-corrected chi connectivity index (χ0v) is 14.7. The molecule has 27 heavy (non-hydrogen) atoms. The molecule has 4 rings (SSSR count). The fourth-order valence-electron chi connectivity index (χ4n) is 2.53. The molecule has 0 saturated heterocycles. The van der Waals surface area contributed by atoms with Crippen LogP contribution in [0.2, 0.25) is 0 Å². The maximum atomic E-state index is 10.6. The van der Waals surface area contributed by atoms with Gasteiger partial charge in [0.25, 0.3) is 0 Å². The number of aromatic nitrogens is 3. The highest BCUT2D eigenvalue weighted by Gasteiger charge is 2.38. The molecule has 0 bridgehead atoms. The summed E-state index contributed by atoms with van der Waals surface area (Å²) in [7, 11) is 0. The molecule has 0 aliphatic carbocycles. The van der Waals surface area contributed by atoms with Gasteiger partial charge in [0.1, 0.15) is 11.2 Å². The summed E-state index contributed by atoms with van der Waals surface area (Å²) in [5.41, 5.74) is 4.32. The first-order valence-electron chi connectivity index (χ1n) is 7.62. The van der Waals surface area contributed by atoms with Crippen LogP contribution < -0.4 is 0 Å². The van der Waals surface area contributed by atoms with Crippen molar-refractivity contribution in [3.63, 3.8) is 0 Å². The van der Waals surface area contributed by atoms with E-state index >= 15 is 0 Å².